The van der Waals surface area contributed by atoms with Crippen LogP contribution in [0.3, 0.4) is 0 Å². The quantitative estimate of drug-likeness (QED) is 0.0523. The van der Waals surface area contributed by atoms with Gasteiger partial charge in [-0.15, -0.1) is 57.1 Å². The number of aromatic nitrogens is 5. The third-order valence-corrected chi connectivity index (χ3v) is 26.6. The number of Topliss-reactive ketones (excluding diaryl/α,β-unsaturated/α-hetero) is 3. The topological polar surface area (TPSA) is 556 Å². The van der Waals surface area contributed by atoms with E-state index < -0.39 is 214 Å². The van der Waals surface area contributed by atoms with E-state index in [1.54, 1.807) is 44.2 Å². The molecule has 0 radical (unpaired) electrons. The van der Waals surface area contributed by atoms with E-state index in [9.17, 15) is 73.5 Å². The molecular formula is C82H93N17O19S5. The zero-order valence-corrected chi connectivity index (χ0v) is 72.4. The summed E-state index contributed by atoms with van der Waals surface area (Å²) in [5.41, 5.74) is -1.05. The van der Waals surface area contributed by atoms with Crippen molar-refractivity contribution in [3.8, 4) is 0 Å². The van der Waals surface area contributed by atoms with Crippen LogP contribution in [-0.4, -0.2) is 192 Å². The molecule has 0 spiro atoms. The summed E-state index contributed by atoms with van der Waals surface area (Å²) < 4.78 is 6.31. The highest BCUT2D eigenvalue weighted by molar-refractivity contribution is 8.14. The van der Waals surface area contributed by atoms with Gasteiger partial charge in [0.1, 0.15) is 90.5 Å². The van der Waals surface area contributed by atoms with Crippen LogP contribution in [0.5, 0.6) is 0 Å². The molecule has 5 aliphatic rings. The maximum Gasteiger partial charge on any atom is 0.357 e. The molecule has 1 aliphatic carbocycles. The van der Waals surface area contributed by atoms with E-state index in [4.69, 9.17) is 25.4 Å². The highest BCUT2D eigenvalue weighted by Gasteiger charge is 2.51. The first kappa shape index (κ1) is 92.5. The monoisotopic (exact) mass is 1780 g/mol. The number of aliphatic hydroxyl groups excluding tert-OH is 4. The van der Waals surface area contributed by atoms with Crippen LogP contribution in [0.4, 0.5) is 0 Å². The number of nitrogens with one attached hydrogen (secondary N) is 9. The molecule has 123 heavy (non-hydrogen) atoms. The van der Waals surface area contributed by atoms with Gasteiger partial charge in [-0.1, -0.05) is 83.7 Å². The predicted octanol–water partition coefficient (Wildman–Crippen LogP) is 4.60. The number of hydrogen-bond donors (Lipinski definition) is 15. The van der Waals surface area contributed by atoms with Crippen LogP contribution in [0.15, 0.2) is 122 Å². The first-order valence-electron chi connectivity index (χ1n) is 39.1. The summed E-state index contributed by atoms with van der Waals surface area (Å²) in [4.78, 5) is 220. The predicted molar refractivity (Wildman–Crippen MR) is 455 cm³/mol. The van der Waals surface area contributed by atoms with E-state index in [-0.39, 0.29) is 107 Å². The Labute approximate surface area is 725 Å². The molecule has 650 valence electrons. The molecule has 9 amide bonds. The number of esters is 1. The van der Waals surface area contributed by atoms with Crippen LogP contribution in [-0.2, 0) is 48.6 Å². The zero-order chi connectivity index (χ0) is 89.5. The van der Waals surface area contributed by atoms with Gasteiger partial charge in [-0.3, -0.25) is 72.8 Å². The molecule has 1 aromatic carbocycles. The number of hydrogen-bond acceptors (Lipinski definition) is 32. The van der Waals surface area contributed by atoms with Crippen molar-refractivity contribution in [2.45, 2.75) is 192 Å². The normalized spacial score (nSPS) is 26.1. The molecule has 11 rings (SSSR count). The van der Waals surface area contributed by atoms with Crippen molar-refractivity contribution in [3.63, 3.8) is 0 Å². The molecule has 0 fully saturated rings. The highest BCUT2D eigenvalue weighted by Crippen LogP contribution is 2.48. The number of fused-ring (bicyclic) bond motifs is 7. The van der Waals surface area contributed by atoms with Crippen molar-refractivity contribution in [1.29, 1.82) is 0 Å². The van der Waals surface area contributed by atoms with Crippen LogP contribution in [0.1, 0.15) is 233 Å². The average molecular weight is 1780 g/mol. The van der Waals surface area contributed by atoms with Gasteiger partial charge in [0.25, 0.3) is 35.4 Å². The number of aliphatic imine (C=N–C) groups is 2. The third-order valence-electron chi connectivity index (χ3n) is 21.7. The number of amides is 9. The number of carbonyl (C=O) groups excluding carboxylic acids is 13. The molecule has 13 bridgehead atoms. The Morgan fingerprint density at radius 3 is 2.15 bits per heavy atom. The maximum atomic E-state index is 15.6. The SMILES string of the molecule is C=C1NC(=O)C(C)CC(=O)C(C(C)CC)NC2C=Cc3c(C(C)O)cc(nc3C2O)C(=O)OC(C)C2NC(=O)c3csc(n3)C(C(C)(O)C(C)O)CC(=O)C3CSC(=N3)/C(=C/C)NC(=O)C(C(C)O)NC(=O)c3csc(n3)C3(CCC(c4nc(C(=O)NC(=C)C(=O)NC(=CNC(=O)c5ccccc5)C(N)=O)cs4)=NC3c3csc2n3)NC(=O)C(C)CC1=O. The Kier molecular flexibility index (Phi) is 29.4. The third kappa shape index (κ3) is 20.8. The summed E-state index contributed by atoms with van der Waals surface area (Å²) >= 11 is 4.55. The van der Waals surface area contributed by atoms with E-state index in [2.05, 4.69) is 81.0 Å². The number of aliphatic hydroxyl groups is 5. The molecule has 5 aromatic heterocycles. The number of carbonyl (C=O) groups is 13. The fourth-order valence-corrected chi connectivity index (χ4v) is 18.9. The first-order chi connectivity index (χ1) is 58.2. The fourth-order valence-electron chi connectivity index (χ4n) is 13.9. The second-order valence-corrected chi connectivity index (χ2v) is 35.2. The number of benzene rings is 1. The van der Waals surface area contributed by atoms with E-state index in [0.717, 1.165) is 63.3 Å². The van der Waals surface area contributed by atoms with Crippen molar-refractivity contribution >= 4 is 150 Å². The minimum absolute atomic E-state index is 0.0106. The lowest BCUT2D eigenvalue weighted by Gasteiger charge is -2.41. The van der Waals surface area contributed by atoms with E-state index in [1.165, 1.54) is 94.3 Å². The molecule has 4 aliphatic heterocycles. The van der Waals surface area contributed by atoms with Gasteiger partial charge in [0.15, 0.2) is 17.3 Å². The molecule has 16 N–H and O–H groups in total. The van der Waals surface area contributed by atoms with Crippen molar-refractivity contribution in [1.82, 2.24) is 72.8 Å². The number of ketones is 3. The second kappa shape index (κ2) is 39.1. The Morgan fingerprint density at radius 2 is 1.47 bits per heavy atom. The van der Waals surface area contributed by atoms with E-state index in [1.807, 2.05) is 6.92 Å². The van der Waals surface area contributed by atoms with Crippen LogP contribution in [0, 0.1) is 17.8 Å². The van der Waals surface area contributed by atoms with E-state index >= 15 is 14.4 Å². The minimum Gasteiger partial charge on any atom is -0.455 e. The number of ether oxygens (including phenoxy) is 1. The summed E-state index contributed by atoms with van der Waals surface area (Å²) in [6.07, 6.45) is -3.59. The zero-order valence-electron chi connectivity index (χ0n) is 68.3. The summed E-state index contributed by atoms with van der Waals surface area (Å²) in [5.74, 6) is -15.6. The lowest BCUT2D eigenvalue weighted by atomic mass is 9.80. The smallest absolute Gasteiger partial charge is 0.357 e. The van der Waals surface area contributed by atoms with Gasteiger partial charge in [0.05, 0.1) is 75.2 Å². The van der Waals surface area contributed by atoms with Crippen LogP contribution < -0.4 is 53.6 Å². The molecule has 17 atom stereocenters. The Hall–Kier alpha value is -11.3. The number of pyridine rings is 1. The maximum absolute atomic E-state index is 15.6. The molecular weight excluding hydrogens is 1690 g/mol. The largest absolute Gasteiger partial charge is 0.455 e. The highest BCUT2D eigenvalue weighted by atomic mass is 32.2. The van der Waals surface area contributed by atoms with Gasteiger partial charge in [-0.25, -0.2) is 29.7 Å². The molecule has 0 saturated heterocycles. The number of allylic oxidation sites excluding steroid dienone is 2. The van der Waals surface area contributed by atoms with Gasteiger partial charge in [0, 0.05) is 81.6 Å². The van der Waals surface area contributed by atoms with Gasteiger partial charge in [0.2, 0.25) is 17.7 Å². The standard InChI is InChI=1S/C82H93N17O19S5/c1-13-34(3)60-59(105)25-35(4)67(108)85-37(6)57(103)24-36(5)68(109)99-82-23-22-49(77-95-54(32-121-77)71(112)86-38(7)69(110)91-51(66(83)107)28-84-70(111)43-18-16-15-17-19-43)89-65(82)53-30-122-78(93-53)62(41(10)118-79(116)50-26-45(39(8)100)44-20-21-48(87-60)64(106)63(44)88-50)98-72(113)55-31-119-75(94-55)46(81(12,117)42(11)102)27-58(104)52-29-120-76(92-52)47(14-2)90-74(115)61(40(9)101)97-73(114)56-33-123-80(82)96-56/h14-21,26,28,30-36,39-42,46,48,52,60-62,64-65,87,100-102,106,117H,6-7,13,22-25,27,29H2,1-5,8-12H3,(H2,83,107)(H,84,111)(H,85,108)(H,86,112)(H,90,115)(H,91,110)(H,97,114)(H,98,113)(H,99,109)/b47-14-,51-28?. The lowest BCUT2D eigenvalue weighted by molar-refractivity contribution is -0.131. The first-order valence-corrected chi connectivity index (χ1v) is 43.6. The van der Waals surface area contributed by atoms with Crippen molar-refractivity contribution in [2.24, 2.45) is 33.5 Å². The molecule has 6 aromatic rings. The van der Waals surface area contributed by atoms with Crippen molar-refractivity contribution in [3.05, 3.63) is 183 Å². The van der Waals surface area contributed by atoms with Gasteiger partial charge >= 0.3 is 5.97 Å². The summed E-state index contributed by atoms with van der Waals surface area (Å²) in [5, 5.41) is 87.8. The Bertz CT molecular complexity index is 5390. The number of cyclic esters (lactones) is 1. The van der Waals surface area contributed by atoms with Gasteiger partial charge in [-0.2, -0.15) is 0 Å². The van der Waals surface area contributed by atoms with E-state index in [0.29, 0.717) is 6.42 Å². The van der Waals surface area contributed by atoms with Gasteiger partial charge < -0.3 is 78.5 Å². The Morgan fingerprint density at radius 1 is 0.780 bits per heavy atom. The average Bonchev–Trinajstić information content (AvgIpc) is 1.65. The number of nitrogens with zero attached hydrogens (tertiary/aromatic N) is 7. The number of primary amides is 1. The van der Waals surface area contributed by atoms with Crippen LogP contribution in [0.25, 0.3) is 6.08 Å². The van der Waals surface area contributed by atoms with Crippen LogP contribution in [0.2, 0.25) is 0 Å². The second-order valence-electron chi connectivity index (χ2n) is 30.7. The molecule has 0 saturated carbocycles. The summed E-state index contributed by atoms with van der Waals surface area (Å²) in [6, 6.07) is 1.09. The summed E-state index contributed by atoms with van der Waals surface area (Å²) in [7, 11) is 0. The summed E-state index contributed by atoms with van der Waals surface area (Å²) in [6.45, 7) is 22.2. The minimum atomic E-state index is -2.10. The molecule has 36 nitrogen and oxygen atoms in total. The number of thiazole rings is 4. The van der Waals surface area contributed by atoms with Crippen molar-refractivity contribution in [2.75, 3.05) is 5.75 Å². The Balaban J connectivity index is 1.07. The van der Waals surface area contributed by atoms with Crippen molar-refractivity contribution < 1.29 is 92.6 Å². The number of rotatable bonds is 14. The van der Waals surface area contributed by atoms with Crippen LogP contribution >= 0.6 is 57.1 Å². The molecule has 17 unspecified atom stereocenters. The number of nitrogens with two attached hydrogens (primary N) is 1. The van der Waals surface area contributed by atoms with Gasteiger partial charge in [-0.05, 0) is 84.1 Å². The number of thioether (sulfide) groups is 1. The lowest BCUT2D eigenvalue weighted by Crippen LogP contribution is -2.54. The molecule has 9 heterocycles. The molecule has 41 heteroatoms. The fraction of sp³-hybridized carbons (Fsp3) is 0.415.